The summed E-state index contributed by atoms with van der Waals surface area (Å²) in [7, 11) is 1.70. The molecule has 0 bridgehead atoms. The molecule has 2 aromatic rings. The average Bonchev–Trinajstić information content (AvgIpc) is 3.00. The fraction of sp³-hybridized carbons (Fsp3) is 0.385. The van der Waals surface area contributed by atoms with E-state index in [0.717, 1.165) is 5.69 Å². The lowest BCUT2D eigenvalue weighted by Crippen LogP contribution is -2.12. The van der Waals surface area contributed by atoms with E-state index in [2.05, 4.69) is 15.3 Å². The van der Waals surface area contributed by atoms with Gasteiger partial charge in [-0.3, -0.25) is 9.78 Å². The smallest absolute Gasteiger partial charge is 0.357 e. The number of carboxylic acids is 1. The number of aromatic carboxylic acids is 1. The number of H-pyrrole nitrogens is 1. The van der Waals surface area contributed by atoms with Crippen molar-refractivity contribution in [3.8, 4) is 11.3 Å². The van der Waals surface area contributed by atoms with Crippen molar-refractivity contribution in [3.05, 3.63) is 22.6 Å². The monoisotopic (exact) mass is 290 g/mol. The van der Waals surface area contributed by atoms with Crippen LogP contribution in [0.2, 0.25) is 0 Å². The number of ether oxygens (including phenoxy) is 1. The van der Waals surface area contributed by atoms with E-state index in [-0.39, 0.29) is 18.0 Å². The lowest BCUT2D eigenvalue weighted by molar-refractivity contribution is 0.0517. The highest BCUT2D eigenvalue weighted by Gasteiger charge is 2.32. The number of nitrogens with zero attached hydrogens (tertiary/aromatic N) is 3. The van der Waals surface area contributed by atoms with Gasteiger partial charge in [0.15, 0.2) is 5.69 Å². The summed E-state index contributed by atoms with van der Waals surface area (Å²) >= 11 is 0. The van der Waals surface area contributed by atoms with Crippen molar-refractivity contribution in [3.63, 3.8) is 0 Å². The molecule has 3 rings (SSSR count). The first-order valence-corrected chi connectivity index (χ1v) is 6.58. The fourth-order valence-electron chi connectivity index (χ4n) is 2.68. The van der Waals surface area contributed by atoms with Gasteiger partial charge in [-0.25, -0.2) is 9.59 Å². The van der Waals surface area contributed by atoms with E-state index < -0.39 is 11.9 Å². The number of carbonyl (C=O) groups excluding carboxylic acids is 1. The Balaban J connectivity index is 2.16. The molecule has 0 radical (unpaired) electrons. The third kappa shape index (κ3) is 1.91. The van der Waals surface area contributed by atoms with Crippen molar-refractivity contribution < 1.29 is 19.4 Å². The molecule has 0 saturated carbocycles. The van der Waals surface area contributed by atoms with Gasteiger partial charge in [0.2, 0.25) is 0 Å². The molecular weight excluding hydrogens is 276 g/mol. The molecule has 21 heavy (non-hydrogen) atoms. The topological polar surface area (TPSA) is 110 Å². The molecule has 8 heteroatoms. The van der Waals surface area contributed by atoms with Crippen LogP contribution in [0.5, 0.6) is 0 Å². The molecule has 1 aliphatic carbocycles. The van der Waals surface area contributed by atoms with Crippen LogP contribution in [-0.4, -0.2) is 43.6 Å². The van der Waals surface area contributed by atoms with Gasteiger partial charge in [-0.15, -0.1) is 0 Å². The van der Waals surface area contributed by atoms with E-state index in [4.69, 9.17) is 4.74 Å². The summed E-state index contributed by atoms with van der Waals surface area (Å²) in [5, 5.41) is 20.1. The number of esters is 1. The highest BCUT2D eigenvalue weighted by atomic mass is 16.5. The summed E-state index contributed by atoms with van der Waals surface area (Å²) < 4.78 is 6.53. The lowest BCUT2D eigenvalue weighted by atomic mass is 9.92. The van der Waals surface area contributed by atoms with Crippen LogP contribution in [0.15, 0.2) is 0 Å². The maximum atomic E-state index is 11.9. The van der Waals surface area contributed by atoms with Crippen molar-refractivity contribution in [1.82, 2.24) is 20.0 Å². The minimum absolute atomic E-state index is 0.0460. The quantitative estimate of drug-likeness (QED) is 0.808. The average molecular weight is 290 g/mol. The van der Waals surface area contributed by atoms with Gasteiger partial charge in [0.05, 0.1) is 12.2 Å². The summed E-state index contributed by atoms with van der Waals surface area (Å²) in [6, 6.07) is 0. The van der Waals surface area contributed by atoms with Crippen LogP contribution in [0, 0.1) is 0 Å². The number of hydrogen-bond acceptors (Lipinski definition) is 5. The Bertz CT molecular complexity index is 744. The first-order chi connectivity index (χ1) is 10.0. The SMILES string of the molecule is CCOC(=O)c1[nH]nc2c1CCc1c-2c(C(=O)O)nn1C. The summed E-state index contributed by atoms with van der Waals surface area (Å²) in [5.74, 6) is -1.59. The summed E-state index contributed by atoms with van der Waals surface area (Å²) in [5.41, 5.74) is 2.70. The molecule has 0 atom stereocenters. The van der Waals surface area contributed by atoms with Crippen molar-refractivity contribution in [2.45, 2.75) is 19.8 Å². The molecule has 8 nitrogen and oxygen atoms in total. The molecule has 0 fully saturated rings. The molecule has 2 N–H and O–H groups in total. The van der Waals surface area contributed by atoms with Crippen molar-refractivity contribution in [2.75, 3.05) is 6.61 Å². The Hall–Kier alpha value is -2.64. The number of fused-ring (bicyclic) bond motifs is 3. The second kappa shape index (κ2) is 4.72. The molecule has 1 aliphatic rings. The van der Waals surface area contributed by atoms with E-state index in [9.17, 15) is 14.7 Å². The number of rotatable bonds is 3. The van der Waals surface area contributed by atoms with Crippen molar-refractivity contribution in [2.24, 2.45) is 7.05 Å². The number of aromatic nitrogens is 4. The molecule has 2 heterocycles. The summed E-state index contributed by atoms with van der Waals surface area (Å²) in [4.78, 5) is 23.2. The molecule has 0 saturated heterocycles. The van der Waals surface area contributed by atoms with E-state index in [1.165, 1.54) is 0 Å². The van der Waals surface area contributed by atoms with Gasteiger partial charge >= 0.3 is 11.9 Å². The molecule has 0 unspecified atom stereocenters. The Kier molecular flexibility index (Phi) is 3.00. The lowest BCUT2D eigenvalue weighted by Gasteiger charge is -2.13. The first kappa shape index (κ1) is 13.3. The zero-order valence-corrected chi connectivity index (χ0v) is 11.6. The number of aromatic amines is 1. The second-order valence-electron chi connectivity index (χ2n) is 4.75. The maximum absolute atomic E-state index is 11.9. The standard InChI is InChI=1S/C13H14N4O4/c1-3-21-13(20)10-6-4-5-7-8(9(6)14-15-10)11(12(18)19)16-17(7)2/h3-5H2,1-2H3,(H,14,15)(H,18,19). The number of carbonyl (C=O) groups is 2. The Labute approximate surface area is 119 Å². The summed E-state index contributed by atoms with van der Waals surface area (Å²) in [6.45, 7) is 1.99. The minimum atomic E-state index is -1.11. The Morgan fingerprint density at radius 1 is 1.43 bits per heavy atom. The molecule has 0 spiro atoms. The Morgan fingerprint density at radius 3 is 2.86 bits per heavy atom. The maximum Gasteiger partial charge on any atom is 0.357 e. The van der Waals surface area contributed by atoms with Crippen LogP contribution >= 0.6 is 0 Å². The second-order valence-corrected chi connectivity index (χ2v) is 4.75. The highest BCUT2D eigenvalue weighted by molar-refractivity contribution is 5.97. The van der Waals surface area contributed by atoms with Gasteiger partial charge in [-0.1, -0.05) is 0 Å². The normalized spacial score (nSPS) is 12.7. The minimum Gasteiger partial charge on any atom is -0.476 e. The van der Waals surface area contributed by atoms with Gasteiger partial charge in [0, 0.05) is 18.3 Å². The van der Waals surface area contributed by atoms with E-state index >= 15 is 0 Å². The first-order valence-electron chi connectivity index (χ1n) is 6.58. The molecule has 0 aromatic carbocycles. The number of aryl methyl sites for hydroxylation is 1. The molecule has 2 aromatic heterocycles. The number of hydrogen-bond donors (Lipinski definition) is 2. The predicted octanol–water partition coefficient (Wildman–Crippen LogP) is 0.784. The van der Waals surface area contributed by atoms with Crippen LogP contribution in [0.25, 0.3) is 11.3 Å². The van der Waals surface area contributed by atoms with Crippen LogP contribution in [0.4, 0.5) is 0 Å². The third-order valence-electron chi connectivity index (χ3n) is 3.56. The summed E-state index contributed by atoms with van der Waals surface area (Å²) in [6.07, 6.45) is 1.19. The number of carboxylic acid groups (broad SMARTS) is 1. The van der Waals surface area contributed by atoms with E-state index in [1.807, 2.05) is 0 Å². The third-order valence-corrected chi connectivity index (χ3v) is 3.56. The van der Waals surface area contributed by atoms with Gasteiger partial charge < -0.3 is 9.84 Å². The van der Waals surface area contributed by atoms with E-state index in [0.29, 0.717) is 29.7 Å². The van der Waals surface area contributed by atoms with Crippen molar-refractivity contribution in [1.29, 1.82) is 0 Å². The fourth-order valence-corrected chi connectivity index (χ4v) is 2.68. The molecule has 110 valence electrons. The van der Waals surface area contributed by atoms with Gasteiger partial charge in [-0.05, 0) is 19.8 Å². The van der Waals surface area contributed by atoms with Gasteiger partial charge in [0.1, 0.15) is 11.4 Å². The molecule has 0 amide bonds. The van der Waals surface area contributed by atoms with Crippen LogP contribution in [0.3, 0.4) is 0 Å². The predicted molar refractivity (Wildman–Crippen MR) is 71.1 cm³/mol. The highest BCUT2D eigenvalue weighted by Crippen LogP contribution is 2.36. The molecular formula is C13H14N4O4. The largest absolute Gasteiger partial charge is 0.476 e. The van der Waals surface area contributed by atoms with Crippen LogP contribution in [0.1, 0.15) is 39.2 Å². The van der Waals surface area contributed by atoms with Gasteiger partial charge in [0.25, 0.3) is 0 Å². The zero-order valence-electron chi connectivity index (χ0n) is 11.6. The van der Waals surface area contributed by atoms with Gasteiger partial charge in [-0.2, -0.15) is 10.2 Å². The number of nitrogens with one attached hydrogen (secondary N) is 1. The molecule has 0 aliphatic heterocycles. The van der Waals surface area contributed by atoms with Crippen LogP contribution in [-0.2, 0) is 24.6 Å². The Morgan fingerprint density at radius 2 is 2.19 bits per heavy atom. The van der Waals surface area contributed by atoms with E-state index in [1.54, 1.807) is 18.7 Å². The van der Waals surface area contributed by atoms with Crippen molar-refractivity contribution >= 4 is 11.9 Å². The van der Waals surface area contributed by atoms with Crippen LogP contribution < -0.4 is 0 Å². The zero-order chi connectivity index (χ0) is 15.1.